The van der Waals surface area contributed by atoms with Crippen LogP contribution in [0, 0.1) is 0 Å². The second-order valence-electron chi connectivity index (χ2n) is 6.94. The molecule has 0 radical (unpaired) electrons. The van der Waals surface area contributed by atoms with E-state index in [0.29, 0.717) is 12.1 Å². The first-order valence-electron chi connectivity index (χ1n) is 9.20. The quantitative estimate of drug-likeness (QED) is 0.858. The van der Waals surface area contributed by atoms with Gasteiger partial charge in [-0.05, 0) is 50.7 Å². The zero-order chi connectivity index (χ0) is 17.1. The Balaban J connectivity index is 1.50. The highest BCUT2D eigenvalue weighted by Gasteiger charge is 2.28. The molecule has 1 aliphatic heterocycles. The fraction of sp³-hybridized carbons (Fsp3) is 0.526. The van der Waals surface area contributed by atoms with Crippen LogP contribution in [0.2, 0.25) is 0 Å². The largest absolute Gasteiger partial charge is 0.490 e. The number of hydrogen-bond acceptors (Lipinski definition) is 4. The van der Waals surface area contributed by atoms with E-state index in [2.05, 4.69) is 10.1 Å². The van der Waals surface area contributed by atoms with Crippen molar-refractivity contribution in [3.05, 3.63) is 42.5 Å². The molecule has 4 rings (SSSR count). The van der Waals surface area contributed by atoms with Gasteiger partial charge in [-0.15, -0.1) is 0 Å². The topological polar surface area (TPSA) is 60.2 Å². The lowest BCUT2D eigenvalue weighted by Crippen LogP contribution is -2.41. The molecule has 25 heavy (non-hydrogen) atoms. The fourth-order valence-electron chi connectivity index (χ4n) is 3.86. The molecule has 0 unspecified atom stereocenters. The van der Waals surface area contributed by atoms with Crippen LogP contribution in [-0.4, -0.2) is 44.8 Å². The maximum absolute atomic E-state index is 13.1. The molecule has 1 aromatic heterocycles. The maximum Gasteiger partial charge on any atom is 0.257 e. The molecule has 1 amide bonds. The van der Waals surface area contributed by atoms with Crippen LogP contribution in [0.15, 0.2) is 36.9 Å². The minimum Gasteiger partial charge on any atom is -0.490 e. The number of ether oxygens (including phenoxy) is 1. The van der Waals surface area contributed by atoms with Gasteiger partial charge in [0, 0.05) is 13.1 Å². The lowest BCUT2D eigenvalue weighted by molar-refractivity contribution is 0.0665. The Kier molecular flexibility index (Phi) is 4.68. The summed E-state index contributed by atoms with van der Waals surface area (Å²) in [5.74, 6) is 0.778. The van der Waals surface area contributed by atoms with E-state index < -0.39 is 0 Å². The molecular weight excluding hydrogens is 316 g/mol. The van der Waals surface area contributed by atoms with Crippen molar-refractivity contribution < 1.29 is 9.53 Å². The third kappa shape index (κ3) is 3.52. The van der Waals surface area contributed by atoms with Crippen molar-refractivity contribution in [2.24, 2.45) is 0 Å². The third-order valence-electron chi connectivity index (χ3n) is 5.21. The minimum absolute atomic E-state index is 0.0541. The summed E-state index contributed by atoms with van der Waals surface area (Å²) in [7, 11) is 0. The zero-order valence-electron chi connectivity index (χ0n) is 14.4. The van der Waals surface area contributed by atoms with E-state index >= 15 is 0 Å². The van der Waals surface area contributed by atoms with Crippen LogP contribution in [0.4, 0.5) is 0 Å². The molecule has 1 atom stereocenters. The maximum atomic E-state index is 13.1. The molecule has 1 aliphatic carbocycles. The number of carbonyl (C=O) groups is 1. The Bertz CT molecular complexity index is 710. The Morgan fingerprint density at radius 1 is 1.12 bits per heavy atom. The van der Waals surface area contributed by atoms with Gasteiger partial charge in [0.25, 0.3) is 5.91 Å². The van der Waals surface area contributed by atoms with E-state index in [0.717, 1.165) is 38.0 Å². The van der Waals surface area contributed by atoms with Gasteiger partial charge in [0.05, 0.1) is 17.7 Å². The van der Waals surface area contributed by atoms with Crippen molar-refractivity contribution >= 4 is 5.91 Å². The van der Waals surface area contributed by atoms with Gasteiger partial charge in [-0.2, -0.15) is 5.10 Å². The van der Waals surface area contributed by atoms with E-state index in [1.165, 1.54) is 12.8 Å². The number of amides is 1. The summed E-state index contributed by atoms with van der Waals surface area (Å²) in [6.07, 6.45) is 10.1. The van der Waals surface area contributed by atoms with Gasteiger partial charge >= 0.3 is 0 Å². The van der Waals surface area contributed by atoms with Gasteiger partial charge in [0.2, 0.25) is 0 Å². The molecule has 2 aromatic rings. The highest BCUT2D eigenvalue weighted by atomic mass is 16.5. The molecule has 0 spiro atoms. The second kappa shape index (κ2) is 7.25. The van der Waals surface area contributed by atoms with Crippen LogP contribution >= 0.6 is 0 Å². The van der Waals surface area contributed by atoms with E-state index in [1.54, 1.807) is 12.7 Å². The SMILES string of the molecule is O=C(c1ccccc1OC1CCCC1)N1CCC[C@H](n2cncn2)C1. The van der Waals surface area contributed by atoms with Gasteiger partial charge in [0.15, 0.2) is 0 Å². The molecule has 6 heteroatoms. The molecule has 132 valence electrons. The third-order valence-corrected chi connectivity index (χ3v) is 5.21. The summed E-state index contributed by atoms with van der Waals surface area (Å²) < 4.78 is 8.00. The van der Waals surface area contributed by atoms with Crippen molar-refractivity contribution in [3.63, 3.8) is 0 Å². The standard InChI is InChI=1S/C19H24N4O2/c24-19(22-11-5-6-15(12-22)23-14-20-13-21-23)17-9-3-4-10-18(17)25-16-7-1-2-8-16/h3-4,9-10,13-16H,1-2,5-8,11-12H2/t15-/m0/s1. The molecule has 1 saturated carbocycles. The fourth-order valence-corrected chi connectivity index (χ4v) is 3.86. The van der Waals surface area contributed by atoms with Crippen LogP contribution in [0.1, 0.15) is 54.9 Å². The normalized spacial score (nSPS) is 21.4. The molecule has 0 bridgehead atoms. The van der Waals surface area contributed by atoms with Gasteiger partial charge in [-0.1, -0.05) is 12.1 Å². The number of aromatic nitrogens is 3. The van der Waals surface area contributed by atoms with Gasteiger partial charge in [0.1, 0.15) is 18.4 Å². The average Bonchev–Trinajstić information content (AvgIpc) is 3.36. The highest BCUT2D eigenvalue weighted by Crippen LogP contribution is 2.29. The van der Waals surface area contributed by atoms with Gasteiger partial charge in [-0.3, -0.25) is 4.79 Å². The first-order valence-corrected chi connectivity index (χ1v) is 9.20. The predicted molar refractivity (Wildman–Crippen MR) is 93.5 cm³/mol. The van der Waals surface area contributed by atoms with E-state index in [-0.39, 0.29) is 18.1 Å². The summed E-state index contributed by atoms with van der Waals surface area (Å²) in [6, 6.07) is 7.85. The van der Waals surface area contributed by atoms with Gasteiger partial charge < -0.3 is 9.64 Å². The second-order valence-corrected chi connectivity index (χ2v) is 6.94. The molecule has 6 nitrogen and oxygen atoms in total. The Morgan fingerprint density at radius 3 is 2.76 bits per heavy atom. The first kappa shape index (κ1) is 16.1. The number of likely N-dealkylation sites (tertiary alicyclic amines) is 1. The first-order chi connectivity index (χ1) is 12.3. The summed E-state index contributed by atoms with van der Waals surface area (Å²) in [5.41, 5.74) is 0.675. The Morgan fingerprint density at radius 2 is 1.96 bits per heavy atom. The minimum atomic E-state index is 0.0541. The van der Waals surface area contributed by atoms with Crippen LogP contribution in [0.3, 0.4) is 0 Å². The zero-order valence-corrected chi connectivity index (χ0v) is 14.4. The summed E-state index contributed by atoms with van der Waals surface area (Å²) in [6.45, 7) is 1.45. The van der Waals surface area contributed by atoms with Crippen molar-refractivity contribution in [1.29, 1.82) is 0 Å². The van der Waals surface area contributed by atoms with Crippen LogP contribution in [-0.2, 0) is 0 Å². The number of piperidine rings is 1. The molecule has 2 aliphatic rings. The number of carbonyl (C=O) groups excluding carboxylic acids is 1. The van der Waals surface area contributed by atoms with Crippen molar-refractivity contribution in [2.75, 3.05) is 13.1 Å². The lowest BCUT2D eigenvalue weighted by atomic mass is 10.0. The van der Waals surface area contributed by atoms with E-state index in [4.69, 9.17) is 4.74 Å². The molecule has 1 saturated heterocycles. The average molecular weight is 340 g/mol. The van der Waals surface area contributed by atoms with Gasteiger partial charge in [-0.25, -0.2) is 9.67 Å². The highest BCUT2D eigenvalue weighted by molar-refractivity contribution is 5.97. The number of nitrogens with zero attached hydrogens (tertiary/aromatic N) is 4. The Labute approximate surface area is 147 Å². The monoisotopic (exact) mass is 340 g/mol. The number of hydrogen-bond donors (Lipinski definition) is 0. The van der Waals surface area contributed by atoms with Crippen LogP contribution < -0.4 is 4.74 Å². The Hall–Kier alpha value is -2.37. The summed E-state index contributed by atoms with van der Waals surface area (Å²) >= 11 is 0. The number of para-hydroxylation sites is 1. The van der Waals surface area contributed by atoms with Crippen molar-refractivity contribution in [1.82, 2.24) is 19.7 Å². The van der Waals surface area contributed by atoms with E-state index in [1.807, 2.05) is 33.8 Å². The lowest BCUT2D eigenvalue weighted by Gasteiger charge is -2.33. The summed E-state index contributed by atoms with van der Waals surface area (Å²) in [4.78, 5) is 19.1. The number of benzene rings is 1. The number of rotatable bonds is 4. The molecule has 2 fully saturated rings. The molecule has 0 N–H and O–H groups in total. The van der Waals surface area contributed by atoms with Crippen LogP contribution in [0.5, 0.6) is 5.75 Å². The molecular formula is C19H24N4O2. The smallest absolute Gasteiger partial charge is 0.257 e. The van der Waals surface area contributed by atoms with Crippen molar-refractivity contribution in [3.8, 4) is 5.75 Å². The summed E-state index contributed by atoms with van der Waals surface area (Å²) in [5, 5.41) is 4.24. The predicted octanol–water partition coefficient (Wildman–Crippen LogP) is 3.08. The van der Waals surface area contributed by atoms with E-state index in [9.17, 15) is 4.79 Å². The molecule has 1 aromatic carbocycles. The molecule has 2 heterocycles. The van der Waals surface area contributed by atoms with Crippen molar-refractivity contribution in [2.45, 2.75) is 50.7 Å². The van der Waals surface area contributed by atoms with Crippen LogP contribution in [0.25, 0.3) is 0 Å².